The maximum absolute atomic E-state index is 10.9. The van der Waals surface area contributed by atoms with E-state index in [4.69, 9.17) is 14.6 Å². The number of carbonyl (C=O) groups is 1. The van der Waals surface area contributed by atoms with Gasteiger partial charge in [0.1, 0.15) is 5.75 Å². The Morgan fingerprint density at radius 3 is 2.74 bits per heavy atom. The molecule has 1 aromatic carbocycles. The molecule has 2 aromatic rings. The lowest BCUT2D eigenvalue weighted by Gasteiger charge is -2.16. The first kappa shape index (κ1) is 15.1. The van der Waals surface area contributed by atoms with Crippen LogP contribution in [0.1, 0.15) is 28.9 Å². The van der Waals surface area contributed by atoms with Gasteiger partial charge in [-0.05, 0) is 37.1 Å². The fourth-order valence-corrected chi connectivity index (χ4v) is 2.17. The third-order valence-electron chi connectivity index (χ3n) is 3.44. The van der Waals surface area contributed by atoms with Crippen LogP contribution in [0.5, 0.6) is 11.6 Å². The molecule has 2 N–H and O–H groups in total. The molecule has 0 amide bonds. The molecule has 3 rings (SSSR count). The molecule has 7 nitrogen and oxygen atoms in total. The second-order valence-corrected chi connectivity index (χ2v) is 5.08. The average Bonchev–Trinajstić information content (AvgIpc) is 3.04. The van der Waals surface area contributed by atoms with Gasteiger partial charge in [-0.3, -0.25) is 0 Å². The molecule has 1 saturated heterocycles. The Balaban J connectivity index is 1.66. The minimum Gasteiger partial charge on any atom is -0.476 e. The highest BCUT2D eigenvalue weighted by molar-refractivity contribution is 5.87. The Hall–Kier alpha value is -2.85. The van der Waals surface area contributed by atoms with Crippen molar-refractivity contribution < 1.29 is 19.4 Å². The first-order valence-electron chi connectivity index (χ1n) is 7.24. The molecule has 118 valence electrons. The number of ether oxygens (including phenoxy) is 2. The topological polar surface area (TPSA) is 97.3 Å². The SMILES string of the molecule is O=C(O)c1[nH]nnc1Oc1ccc(C#CC2CCOCC2)cc1. The van der Waals surface area contributed by atoms with Crippen LogP contribution in [0, 0.1) is 17.8 Å². The zero-order chi connectivity index (χ0) is 16.1. The number of hydrogen-bond acceptors (Lipinski definition) is 5. The maximum atomic E-state index is 10.9. The fourth-order valence-electron chi connectivity index (χ4n) is 2.17. The number of rotatable bonds is 3. The number of H-pyrrole nitrogens is 1. The van der Waals surface area contributed by atoms with Gasteiger partial charge in [-0.15, -0.1) is 0 Å². The Bertz CT molecular complexity index is 737. The molecule has 0 bridgehead atoms. The highest BCUT2D eigenvalue weighted by atomic mass is 16.5. The highest BCUT2D eigenvalue weighted by Crippen LogP contribution is 2.22. The summed E-state index contributed by atoms with van der Waals surface area (Å²) in [5.74, 6) is 6.00. The molecule has 1 aliphatic rings. The van der Waals surface area contributed by atoms with Crippen LogP contribution in [0.15, 0.2) is 24.3 Å². The highest BCUT2D eigenvalue weighted by Gasteiger charge is 2.16. The molecular formula is C16H15N3O4. The zero-order valence-corrected chi connectivity index (χ0v) is 12.3. The third kappa shape index (κ3) is 3.87. The molecule has 0 aliphatic carbocycles. The van der Waals surface area contributed by atoms with Crippen LogP contribution >= 0.6 is 0 Å². The second kappa shape index (κ2) is 6.94. The van der Waals surface area contributed by atoms with Gasteiger partial charge in [-0.2, -0.15) is 0 Å². The number of aromatic carboxylic acids is 1. The predicted octanol–water partition coefficient (Wildman–Crippen LogP) is 2.07. The van der Waals surface area contributed by atoms with Gasteiger partial charge in [-0.25, -0.2) is 9.89 Å². The summed E-state index contributed by atoms with van der Waals surface area (Å²) in [4.78, 5) is 10.9. The number of aromatic nitrogens is 3. The summed E-state index contributed by atoms with van der Waals surface area (Å²) in [5.41, 5.74) is 0.691. The molecule has 7 heteroatoms. The summed E-state index contributed by atoms with van der Waals surface area (Å²) in [6, 6.07) is 7.08. The van der Waals surface area contributed by atoms with Gasteiger partial charge < -0.3 is 14.6 Å². The molecule has 0 spiro atoms. The lowest BCUT2D eigenvalue weighted by atomic mass is 10.0. The normalized spacial score (nSPS) is 14.8. The molecule has 1 aromatic heterocycles. The summed E-state index contributed by atoms with van der Waals surface area (Å²) in [7, 11) is 0. The van der Waals surface area contributed by atoms with E-state index in [0.29, 0.717) is 11.7 Å². The number of nitrogens with zero attached hydrogens (tertiary/aromatic N) is 2. The van der Waals surface area contributed by atoms with Crippen LogP contribution in [0.4, 0.5) is 0 Å². The third-order valence-corrected chi connectivity index (χ3v) is 3.44. The maximum Gasteiger partial charge on any atom is 0.359 e. The van der Waals surface area contributed by atoms with Crippen molar-refractivity contribution in [2.24, 2.45) is 5.92 Å². The van der Waals surface area contributed by atoms with E-state index in [9.17, 15) is 4.79 Å². The van der Waals surface area contributed by atoms with Crippen molar-refractivity contribution in [2.75, 3.05) is 13.2 Å². The van der Waals surface area contributed by atoms with E-state index in [0.717, 1.165) is 31.6 Å². The zero-order valence-electron chi connectivity index (χ0n) is 12.3. The van der Waals surface area contributed by atoms with Crippen molar-refractivity contribution in [3.63, 3.8) is 0 Å². The number of carboxylic acids is 1. The van der Waals surface area contributed by atoms with E-state index in [1.165, 1.54) is 0 Å². The van der Waals surface area contributed by atoms with Crippen LogP contribution < -0.4 is 4.74 Å². The van der Waals surface area contributed by atoms with E-state index < -0.39 is 5.97 Å². The van der Waals surface area contributed by atoms with Crippen molar-refractivity contribution in [1.82, 2.24) is 15.4 Å². The van der Waals surface area contributed by atoms with Crippen molar-refractivity contribution in [3.05, 3.63) is 35.5 Å². The van der Waals surface area contributed by atoms with E-state index in [1.54, 1.807) is 12.1 Å². The average molecular weight is 313 g/mol. The number of aromatic amines is 1. The van der Waals surface area contributed by atoms with Crippen molar-refractivity contribution in [2.45, 2.75) is 12.8 Å². The van der Waals surface area contributed by atoms with Gasteiger partial charge in [0.05, 0.1) is 0 Å². The second-order valence-electron chi connectivity index (χ2n) is 5.08. The lowest BCUT2D eigenvalue weighted by Crippen LogP contribution is -2.13. The Labute approximate surface area is 132 Å². The number of nitrogens with one attached hydrogen (secondary N) is 1. The van der Waals surface area contributed by atoms with Crippen molar-refractivity contribution in [1.29, 1.82) is 0 Å². The molecule has 1 aliphatic heterocycles. The van der Waals surface area contributed by atoms with E-state index >= 15 is 0 Å². The molecule has 2 heterocycles. The molecule has 0 atom stereocenters. The summed E-state index contributed by atoms with van der Waals surface area (Å²) < 4.78 is 10.7. The number of benzene rings is 1. The molecular weight excluding hydrogens is 298 g/mol. The first-order chi connectivity index (χ1) is 11.2. The van der Waals surface area contributed by atoms with Crippen LogP contribution in [0.2, 0.25) is 0 Å². The molecule has 0 radical (unpaired) electrons. The van der Waals surface area contributed by atoms with Crippen molar-refractivity contribution >= 4 is 5.97 Å². The quantitative estimate of drug-likeness (QED) is 0.842. The summed E-state index contributed by atoms with van der Waals surface area (Å²) in [6.45, 7) is 1.55. The fraction of sp³-hybridized carbons (Fsp3) is 0.312. The van der Waals surface area contributed by atoms with E-state index in [1.807, 2.05) is 12.1 Å². The largest absolute Gasteiger partial charge is 0.476 e. The first-order valence-corrected chi connectivity index (χ1v) is 7.24. The van der Waals surface area contributed by atoms with Gasteiger partial charge in [0, 0.05) is 24.7 Å². The lowest BCUT2D eigenvalue weighted by molar-refractivity contribution is 0.0687. The van der Waals surface area contributed by atoms with Gasteiger partial charge in [-0.1, -0.05) is 22.2 Å². The molecule has 0 unspecified atom stereocenters. The van der Waals surface area contributed by atoms with Crippen molar-refractivity contribution in [3.8, 4) is 23.5 Å². The van der Waals surface area contributed by atoms with Gasteiger partial charge in [0.25, 0.3) is 5.88 Å². The minimum absolute atomic E-state index is 0.0708. The Kier molecular flexibility index (Phi) is 4.54. The molecule has 1 fully saturated rings. The van der Waals surface area contributed by atoms with Crippen LogP contribution in [-0.4, -0.2) is 39.7 Å². The predicted molar refractivity (Wildman–Crippen MR) is 80.3 cm³/mol. The minimum atomic E-state index is -1.18. The Morgan fingerprint density at radius 1 is 1.30 bits per heavy atom. The smallest absolute Gasteiger partial charge is 0.359 e. The van der Waals surface area contributed by atoms with Gasteiger partial charge in [0.15, 0.2) is 0 Å². The number of hydrogen-bond donors (Lipinski definition) is 2. The Morgan fingerprint density at radius 2 is 2.04 bits per heavy atom. The van der Waals surface area contributed by atoms with Crippen LogP contribution in [0.25, 0.3) is 0 Å². The summed E-state index contributed by atoms with van der Waals surface area (Å²) >= 11 is 0. The standard InChI is InChI=1S/C16H15N3O4/c20-16(21)14-15(18-19-17-14)23-13-5-3-11(4-6-13)1-2-12-7-9-22-10-8-12/h3-6,12H,7-10H2,(H,20,21)(H,17,18,19). The van der Waals surface area contributed by atoms with Gasteiger partial charge in [0.2, 0.25) is 5.69 Å². The van der Waals surface area contributed by atoms with E-state index in [2.05, 4.69) is 27.3 Å². The monoisotopic (exact) mass is 313 g/mol. The van der Waals surface area contributed by atoms with Crippen LogP contribution in [0.3, 0.4) is 0 Å². The number of carboxylic acid groups (broad SMARTS) is 1. The van der Waals surface area contributed by atoms with Crippen LogP contribution in [-0.2, 0) is 4.74 Å². The molecule has 23 heavy (non-hydrogen) atoms. The van der Waals surface area contributed by atoms with Gasteiger partial charge >= 0.3 is 5.97 Å². The molecule has 0 saturated carbocycles. The summed E-state index contributed by atoms with van der Waals surface area (Å²) in [5, 5.41) is 18.3. The summed E-state index contributed by atoms with van der Waals surface area (Å²) in [6.07, 6.45) is 1.94. The van der Waals surface area contributed by atoms with E-state index in [-0.39, 0.29) is 11.6 Å².